The second-order valence-corrected chi connectivity index (χ2v) is 7.99. The van der Waals surface area contributed by atoms with E-state index in [9.17, 15) is 4.79 Å². The Kier molecular flexibility index (Phi) is 5.08. The van der Waals surface area contributed by atoms with E-state index in [1.165, 1.54) is 11.8 Å². The van der Waals surface area contributed by atoms with Crippen molar-refractivity contribution in [1.82, 2.24) is 9.38 Å². The molecule has 0 bridgehead atoms. The number of halogens is 2. The molecule has 1 N–H and O–H groups in total. The van der Waals surface area contributed by atoms with Crippen molar-refractivity contribution in [1.29, 1.82) is 0 Å². The fourth-order valence-electron chi connectivity index (χ4n) is 2.04. The number of rotatable bonds is 4. The molecule has 0 aliphatic rings. The summed E-state index contributed by atoms with van der Waals surface area (Å²) >= 11 is 8.28. The molecule has 1 unspecified atom stereocenters. The van der Waals surface area contributed by atoms with Crippen LogP contribution in [0.5, 0.6) is 0 Å². The zero-order valence-corrected chi connectivity index (χ0v) is 16.2. The molecular formula is C16H13Br2N3OS. The molecule has 1 atom stereocenters. The van der Waals surface area contributed by atoms with Gasteiger partial charge in [0, 0.05) is 15.1 Å². The third-order valence-electron chi connectivity index (χ3n) is 3.25. The molecule has 0 aliphatic heterocycles. The second kappa shape index (κ2) is 7.07. The van der Waals surface area contributed by atoms with E-state index in [-0.39, 0.29) is 11.2 Å². The smallest absolute Gasteiger partial charge is 0.237 e. The summed E-state index contributed by atoms with van der Waals surface area (Å²) in [5, 5.41) is 3.47. The molecule has 118 valence electrons. The van der Waals surface area contributed by atoms with Gasteiger partial charge < -0.3 is 5.32 Å². The van der Waals surface area contributed by atoms with Crippen molar-refractivity contribution < 1.29 is 4.79 Å². The maximum absolute atomic E-state index is 12.4. The molecular weight excluding hydrogens is 442 g/mol. The molecule has 1 amide bonds. The Labute approximate surface area is 154 Å². The predicted octanol–water partition coefficient (Wildman–Crippen LogP) is 4.98. The standard InChI is InChI=1S/C16H13Br2N3OS/c1-10(15(22)20-14-6-5-11(17)8-13(14)18)23-16-19-9-12-4-2-3-7-21(12)16/h2-10H,1H3,(H,20,22). The van der Waals surface area contributed by atoms with Crippen molar-refractivity contribution in [3.63, 3.8) is 0 Å². The van der Waals surface area contributed by atoms with E-state index in [4.69, 9.17) is 0 Å². The zero-order valence-electron chi connectivity index (χ0n) is 12.2. The summed E-state index contributed by atoms with van der Waals surface area (Å²) in [6.45, 7) is 1.87. The largest absolute Gasteiger partial charge is 0.324 e. The number of nitrogens with zero attached hydrogens (tertiary/aromatic N) is 2. The minimum Gasteiger partial charge on any atom is -0.324 e. The van der Waals surface area contributed by atoms with Gasteiger partial charge in [0.2, 0.25) is 5.91 Å². The number of anilines is 1. The molecule has 0 saturated carbocycles. The average Bonchev–Trinajstić information content (AvgIpc) is 2.93. The summed E-state index contributed by atoms with van der Waals surface area (Å²) in [6.07, 6.45) is 3.75. The molecule has 0 spiro atoms. The Morgan fingerprint density at radius 3 is 2.91 bits per heavy atom. The number of nitrogens with one attached hydrogen (secondary N) is 1. The molecule has 0 saturated heterocycles. The number of benzene rings is 1. The van der Waals surface area contributed by atoms with Gasteiger partial charge in [-0.3, -0.25) is 9.20 Å². The van der Waals surface area contributed by atoms with Crippen LogP contribution < -0.4 is 5.32 Å². The Morgan fingerprint density at radius 1 is 1.30 bits per heavy atom. The van der Waals surface area contributed by atoms with Crippen molar-refractivity contribution in [2.75, 3.05) is 5.32 Å². The lowest BCUT2D eigenvalue weighted by molar-refractivity contribution is -0.115. The molecule has 2 heterocycles. The monoisotopic (exact) mass is 453 g/mol. The zero-order chi connectivity index (χ0) is 16.4. The number of hydrogen-bond donors (Lipinski definition) is 1. The van der Waals surface area contributed by atoms with Gasteiger partial charge in [0.05, 0.1) is 22.7 Å². The highest BCUT2D eigenvalue weighted by atomic mass is 79.9. The minimum absolute atomic E-state index is 0.0642. The highest BCUT2D eigenvalue weighted by Gasteiger charge is 2.18. The molecule has 2 aromatic heterocycles. The Morgan fingerprint density at radius 2 is 2.13 bits per heavy atom. The van der Waals surface area contributed by atoms with E-state index >= 15 is 0 Å². The fourth-order valence-corrected chi connectivity index (χ4v) is 4.07. The van der Waals surface area contributed by atoms with Crippen LogP contribution in [0.25, 0.3) is 5.52 Å². The Hall–Kier alpha value is -1.31. The predicted molar refractivity (Wildman–Crippen MR) is 101 cm³/mol. The van der Waals surface area contributed by atoms with Gasteiger partial charge in [-0.25, -0.2) is 4.98 Å². The summed E-state index contributed by atoms with van der Waals surface area (Å²) in [7, 11) is 0. The number of imidazole rings is 1. The Bertz CT molecular complexity index is 865. The van der Waals surface area contributed by atoms with E-state index in [2.05, 4.69) is 42.2 Å². The van der Waals surface area contributed by atoms with Gasteiger partial charge in [-0.05, 0) is 53.2 Å². The fraction of sp³-hybridized carbons (Fsp3) is 0.125. The highest BCUT2D eigenvalue weighted by molar-refractivity contribution is 9.11. The van der Waals surface area contributed by atoms with Crippen LogP contribution in [0.15, 0.2) is 62.9 Å². The number of fused-ring (bicyclic) bond motifs is 1. The molecule has 0 radical (unpaired) electrons. The first kappa shape index (κ1) is 16.5. The van der Waals surface area contributed by atoms with Gasteiger partial charge in [-0.1, -0.05) is 33.8 Å². The summed E-state index contributed by atoms with van der Waals surface area (Å²) in [6, 6.07) is 11.5. The van der Waals surface area contributed by atoms with E-state index in [1.807, 2.05) is 53.9 Å². The summed E-state index contributed by atoms with van der Waals surface area (Å²) in [5.74, 6) is -0.0642. The molecule has 23 heavy (non-hydrogen) atoms. The van der Waals surface area contributed by atoms with Crippen LogP contribution in [0.4, 0.5) is 5.69 Å². The number of thioether (sulfide) groups is 1. The van der Waals surface area contributed by atoms with Gasteiger partial charge in [0.25, 0.3) is 0 Å². The number of aromatic nitrogens is 2. The van der Waals surface area contributed by atoms with Gasteiger partial charge in [0.1, 0.15) is 0 Å². The normalized spacial score (nSPS) is 12.3. The highest BCUT2D eigenvalue weighted by Crippen LogP contribution is 2.28. The second-order valence-electron chi connectivity index (χ2n) is 4.91. The number of pyridine rings is 1. The first-order valence-corrected chi connectivity index (χ1v) is 9.36. The van der Waals surface area contributed by atoms with Gasteiger partial charge >= 0.3 is 0 Å². The lowest BCUT2D eigenvalue weighted by Crippen LogP contribution is -2.22. The van der Waals surface area contributed by atoms with Crippen molar-refractivity contribution in [3.05, 3.63) is 57.7 Å². The minimum atomic E-state index is -0.267. The third kappa shape index (κ3) is 3.79. The van der Waals surface area contributed by atoms with Crippen molar-refractivity contribution in [3.8, 4) is 0 Å². The lowest BCUT2D eigenvalue weighted by Gasteiger charge is -2.12. The first-order chi connectivity index (χ1) is 11.0. The van der Waals surface area contributed by atoms with Crippen molar-refractivity contribution in [2.45, 2.75) is 17.3 Å². The topological polar surface area (TPSA) is 46.4 Å². The van der Waals surface area contributed by atoms with E-state index in [1.54, 1.807) is 6.20 Å². The van der Waals surface area contributed by atoms with Crippen LogP contribution >= 0.6 is 43.6 Å². The van der Waals surface area contributed by atoms with E-state index < -0.39 is 0 Å². The maximum Gasteiger partial charge on any atom is 0.237 e. The quantitative estimate of drug-likeness (QED) is 0.565. The molecule has 3 aromatic rings. The van der Waals surface area contributed by atoms with Crippen LogP contribution in [0.3, 0.4) is 0 Å². The molecule has 0 fully saturated rings. The van der Waals surface area contributed by atoms with Crippen LogP contribution in [-0.4, -0.2) is 20.5 Å². The third-order valence-corrected chi connectivity index (χ3v) is 5.48. The first-order valence-electron chi connectivity index (χ1n) is 6.89. The average molecular weight is 455 g/mol. The maximum atomic E-state index is 12.4. The number of hydrogen-bond acceptors (Lipinski definition) is 3. The summed E-state index contributed by atoms with van der Waals surface area (Å²) < 4.78 is 3.77. The Balaban J connectivity index is 1.72. The molecule has 3 rings (SSSR count). The van der Waals surface area contributed by atoms with Crippen LogP contribution in [0, 0.1) is 0 Å². The van der Waals surface area contributed by atoms with E-state index in [0.29, 0.717) is 0 Å². The molecule has 1 aromatic carbocycles. The van der Waals surface area contributed by atoms with Gasteiger partial charge in [-0.2, -0.15) is 0 Å². The van der Waals surface area contributed by atoms with Crippen molar-refractivity contribution >= 4 is 60.7 Å². The van der Waals surface area contributed by atoms with E-state index in [0.717, 1.165) is 25.3 Å². The SMILES string of the molecule is CC(Sc1ncc2ccccn12)C(=O)Nc1ccc(Br)cc1Br. The molecule has 0 aliphatic carbocycles. The lowest BCUT2D eigenvalue weighted by atomic mass is 10.3. The van der Waals surface area contributed by atoms with Crippen molar-refractivity contribution in [2.24, 2.45) is 0 Å². The number of amides is 1. The number of carbonyl (C=O) groups excluding carboxylic acids is 1. The molecule has 4 nitrogen and oxygen atoms in total. The van der Waals surface area contributed by atoms with Crippen LogP contribution in [-0.2, 0) is 4.79 Å². The molecule has 7 heteroatoms. The van der Waals surface area contributed by atoms with Crippen LogP contribution in [0.1, 0.15) is 6.92 Å². The van der Waals surface area contributed by atoms with Gasteiger partial charge in [0.15, 0.2) is 5.16 Å². The summed E-state index contributed by atoms with van der Waals surface area (Å²) in [5.41, 5.74) is 1.76. The van der Waals surface area contributed by atoms with Gasteiger partial charge in [-0.15, -0.1) is 0 Å². The summed E-state index contributed by atoms with van der Waals surface area (Å²) in [4.78, 5) is 16.8. The number of carbonyl (C=O) groups is 1. The van der Waals surface area contributed by atoms with Crippen LogP contribution in [0.2, 0.25) is 0 Å².